The van der Waals surface area contributed by atoms with E-state index in [1.54, 1.807) is 6.07 Å². The highest BCUT2D eigenvalue weighted by molar-refractivity contribution is 9.10. The lowest BCUT2D eigenvalue weighted by molar-refractivity contribution is -0.137. The number of carbonyl (C=O) groups is 3. The van der Waals surface area contributed by atoms with Crippen molar-refractivity contribution in [2.24, 2.45) is 0 Å². The fourth-order valence-electron chi connectivity index (χ4n) is 1.31. The molecule has 6 nitrogen and oxygen atoms in total. The van der Waals surface area contributed by atoms with Gasteiger partial charge in [-0.3, -0.25) is 14.4 Å². The summed E-state index contributed by atoms with van der Waals surface area (Å²) in [6.45, 7) is -0.694. The number of amides is 2. The summed E-state index contributed by atoms with van der Waals surface area (Å²) in [6, 6.07) is 7.27. The molecule has 19 heavy (non-hydrogen) atoms. The highest BCUT2D eigenvalue weighted by atomic mass is 79.9. The van der Waals surface area contributed by atoms with Crippen molar-refractivity contribution in [3.63, 3.8) is 0 Å². The SMILES string of the molecule is O=C(O)CNC(=O)CNC(=O)Cc1cccc(Br)c1. The number of halogens is 1. The summed E-state index contributed by atoms with van der Waals surface area (Å²) in [4.78, 5) is 32.9. The Morgan fingerprint density at radius 1 is 1.11 bits per heavy atom. The molecule has 0 spiro atoms. The predicted molar refractivity (Wildman–Crippen MR) is 71.5 cm³/mol. The molecular formula is C12H13BrN2O4. The number of aliphatic carboxylic acids is 1. The van der Waals surface area contributed by atoms with E-state index in [-0.39, 0.29) is 18.9 Å². The van der Waals surface area contributed by atoms with Gasteiger partial charge in [0.15, 0.2) is 0 Å². The first-order valence-electron chi connectivity index (χ1n) is 5.47. The standard InChI is InChI=1S/C12H13BrN2O4/c13-9-3-1-2-8(4-9)5-10(16)14-6-11(17)15-7-12(18)19/h1-4H,5-7H2,(H,14,16)(H,15,17)(H,18,19). The van der Waals surface area contributed by atoms with Crippen LogP contribution in [-0.2, 0) is 20.8 Å². The lowest BCUT2D eigenvalue weighted by Gasteiger charge is -2.05. The van der Waals surface area contributed by atoms with Gasteiger partial charge in [-0.25, -0.2) is 0 Å². The Morgan fingerprint density at radius 2 is 1.79 bits per heavy atom. The van der Waals surface area contributed by atoms with Crippen molar-refractivity contribution in [1.82, 2.24) is 10.6 Å². The quantitative estimate of drug-likeness (QED) is 0.700. The van der Waals surface area contributed by atoms with Gasteiger partial charge in [-0.15, -0.1) is 0 Å². The van der Waals surface area contributed by atoms with Crippen LogP contribution in [0, 0.1) is 0 Å². The van der Waals surface area contributed by atoms with Crippen molar-refractivity contribution in [2.75, 3.05) is 13.1 Å². The summed E-state index contributed by atoms with van der Waals surface area (Å²) in [5, 5.41) is 12.9. The molecule has 1 aromatic rings. The number of carboxylic acid groups (broad SMARTS) is 1. The Hall–Kier alpha value is -1.89. The number of hydrogen-bond donors (Lipinski definition) is 3. The van der Waals surface area contributed by atoms with Gasteiger partial charge in [0.2, 0.25) is 11.8 Å². The second kappa shape index (κ2) is 7.52. The fourth-order valence-corrected chi connectivity index (χ4v) is 1.76. The summed E-state index contributed by atoms with van der Waals surface area (Å²) in [5.41, 5.74) is 0.817. The van der Waals surface area contributed by atoms with Gasteiger partial charge in [0.25, 0.3) is 0 Å². The molecule has 2 amide bonds. The van der Waals surface area contributed by atoms with Crippen LogP contribution in [0.15, 0.2) is 28.7 Å². The van der Waals surface area contributed by atoms with E-state index >= 15 is 0 Å². The Labute approximate surface area is 118 Å². The largest absolute Gasteiger partial charge is 0.480 e. The summed E-state index contributed by atoms with van der Waals surface area (Å²) in [5.74, 6) is -1.97. The van der Waals surface area contributed by atoms with Gasteiger partial charge >= 0.3 is 5.97 Å². The van der Waals surface area contributed by atoms with Crippen molar-refractivity contribution in [3.05, 3.63) is 34.3 Å². The molecule has 0 aromatic heterocycles. The molecule has 0 saturated heterocycles. The molecule has 7 heteroatoms. The molecule has 0 unspecified atom stereocenters. The second-order valence-electron chi connectivity index (χ2n) is 3.75. The molecule has 0 aliphatic rings. The van der Waals surface area contributed by atoms with Crippen LogP contribution in [0.2, 0.25) is 0 Å². The molecule has 0 fully saturated rings. The maximum absolute atomic E-state index is 11.5. The average molecular weight is 329 g/mol. The van der Waals surface area contributed by atoms with Gasteiger partial charge in [-0.2, -0.15) is 0 Å². The van der Waals surface area contributed by atoms with E-state index in [9.17, 15) is 14.4 Å². The minimum absolute atomic E-state index is 0.158. The first kappa shape index (κ1) is 15.2. The van der Waals surface area contributed by atoms with Gasteiger partial charge in [0.1, 0.15) is 6.54 Å². The molecule has 0 aliphatic heterocycles. The summed E-state index contributed by atoms with van der Waals surface area (Å²) in [7, 11) is 0. The number of nitrogens with one attached hydrogen (secondary N) is 2. The van der Waals surface area contributed by atoms with Crippen LogP contribution in [-0.4, -0.2) is 36.0 Å². The first-order chi connectivity index (χ1) is 8.97. The van der Waals surface area contributed by atoms with Crippen molar-refractivity contribution in [2.45, 2.75) is 6.42 Å². The van der Waals surface area contributed by atoms with E-state index in [0.717, 1.165) is 10.0 Å². The number of hydrogen-bond acceptors (Lipinski definition) is 3. The molecule has 0 aliphatic carbocycles. The topological polar surface area (TPSA) is 95.5 Å². The molecule has 0 bridgehead atoms. The van der Waals surface area contributed by atoms with Crippen LogP contribution in [0.4, 0.5) is 0 Å². The number of rotatable bonds is 6. The third kappa shape index (κ3) is 6.56. The monoisotopic (exact) mass is 328 g/mol. The fraction of sp³-hybridized carbons (Fsp3) is 0.250. The minimum Gasteiger partial charge on any atom is -0.480 e. The molecule has 0 heterocycles. The van der Waals surface area contributed by atoms with E-state index in [1.807, 2.05) is 18.2 Å². The number of benzene rings is 1. The zero-order valence-electron chi connectivity index (χ0n) is 9.98. The smallest absolute Gasteiger partial charge is 0.322 e. The van der Waals surface area contributed by atoms with E-state index in [2.05, 4.69) is 26.6 Å². The molecule has 1 aromatic carbocycles. The second-order valence-corrected chi connectivity index (χ2v) is 4.67. The Balaban J connectivity index is 2.32. The maximum Gasteiger partial charge on any atom is 0.322 e. The van der Waals surface area contributed by atoms with Gasteiger partial charge in [-0.1, -0.05) is 28.1 Å². The Kier molecular flexibility index (Phi) is 6.01. The zero-order valence-corrected chi connectivity index (χ0v) is 11.6. The summed E-state index contributed by atoms with van der Waals surface area (Å²) < 4.78 is 0.872. The molecular weight excluding hydrogens is 316 g/mol. The van der Waals surface area contributed by atoms with Crippen molar-refractivity contribution in [1.29, 1.82) is 0 Å². The summed E-state index contributed by atoms with van der Waals surface area (Å²) >= 11 is 3.30. The molecule has 0 atom stereocenters. The third-order valence-electron chi connectivity index (χ3n) is 2.14. The third-order valence-corrected chi connectivity index (χ3v) is 2.63. The maximum atomic E-state index is 11.5. The summed E-state index contributed by atoms with van der Waals surface area (Å²) in [6.07, 6.45) is 0.158. The normalized spacial score (nSPS) is 9.74. The Bertz CT molecular complexity index is 490. The molecule has 102 valence electrons. The predicted octanol–water partition coefficient (Wildman–Crippen LogP) is 0.309. The molecule has 1 rings (SSSR count). The highest BCUT2D eigenvalue weighted by Crippen LogP contribution is 2.11. The molecule has 0 radical (unpaired) electrons. The number of carbonyl (C=O) groups excluding carboxylic acids is 2. The number of carboxylic acids is 1. The van der Waals surface area contributed by atoms with Crippen molar-refractivity contribution in [3.8, 4) is 0 Å². The van der Waals surface area contributed by atoms with Crippen LogP contribution in [0.5, 0.6) is 0 Å². The van der Waals surface area contributed by atoms with E-state index in [4.69, 9.17) is 5.11 Å². The van der Waals surface area contributed by atoms with Crippen LogP contribution >= 0.6 is 15.9 Å². The average Bonchev–Trinajstić information content (AvgIpc) is 2.34. The van der Waals surface area contributed by atoms with E-state index in [0.29, 0.717) is 0 Å². The van der Waals surface area contributed by atoms with Crippen molar-refractivity contribution < 1.29 is 19.5 Å². The van der Waals surface area contributed by atoms with Crippen LogP contribution in [0.3, 0.4) is 0 Å². The van der Waals surface area contributed by atoms with Gasteiger partial charge < -0.3 is 15.7 Å². The van der Waals surface area contributed by atoms with Gasteiger partial charge in [0, 0.05) is 4.47 Å². The first-order valence-corrected chi connectivity index (χ1v) is 6.26. The van der Waals surface area contributed by atoms with Crippen LogP contribution < -0.4 is 10.6 Å². The van der Waals surface area contributed by atoms with Crippen molar-refractivity contribution >= 4 is 33.7 Å². The zero-order chi connectivity index (χ0) is 14.3. The highest BCUT2D eigenvalue weighted by Gasteiger charge is 2.07. The van der Waals surface area contributed by atoms with E-state index < -0.39 is 18.4 Å². The molecule has 3 N–H and O–H groups in total. The minimum atomic E-state index is -1.13. The molecule has 0 saturated carbocycles. The van der Waals surface area contributed by atoms with Gasteiger partial charge in [-0.05, 0) is 17.7 Å². The lowest BCUT2D eigenvalue weighted by atomic mass is 10.1. The van der Waals surface area contributed by atoms with E-state index in [1.165, 1.54) is 0 Å². The Morgan fingerprint density at radius 3 is 2.42 bits per heavy atom. The van der Waals surface area contributed by atoms with Crippen LogP contribution in [0.1, 0.15) is 5.56 Å². The van der Waals surface area contributed by atoms with Crippen LogP contribution in [0.25, 0.3) is 0 Å². The lowest BCUT2D eigenvalue weighted by Crippen LogP contribution is -2.39. The van der Waals surface area contributed by atoms with Gasteiger partial charge in [0.05, 0.1) is 13.0 Å².